The van der Waals surface area contributed by atoms with Crippen LogP contribution in [0.25, 0.3) is 0 Å². The lowest BCUT2D eigenvalue weighted by atomic mass is 10.1. The van der Waals surface area contributed by atoms with Gasteiger partial charge >= 0.3 is 5.97 Å². The van der Waals surface area contributed by atoms with Crippen molar-refractivity contribution >= 4 is 38.1 Å². The van der Waals surface area contributed by atoms with Crippen LogP contribution in [-0.4, -0.2) is 32.7 Å². The zero-order chi connectivity index (χ0) is 21.0. The third-order valence-corrected chi connectivity index (χ3v) is 7.49. The summed E-state index contributed by atoms with van der Waals surface area (Å²) in [5, 5.41) is 2.92. The number of amides is 1. The van der Waals surface area contributed by atoms with E-state index in [2.05, 4.69) is 5.32 Å². The van der Waals surface area contributed by atoms with Gasteiger partial charge in [0.1, 0.15) is 16.6 Å². The first-order valence-electron chi connectivity index (χ1n) is 9.41. The van der Waals surface area contributed by atoms with Gasteiger partial charge in [-0.1, -0.05) is 6.42 Å². The summed E-state index contributed by atoms with van der Waals surface area (Å²) in [5.74, 6) is -2.63. The minimum absolute atomic E-state index is 0.137. The number of anilines is 1. The van der Waals surface area contributed by atoms with Crippen LogP contribution >= 0.6 is 11.3 Å². The Morgan fingerprint density at radius 2 is 1.83 bits per heavy atom. The summed E-state index contributed by atoms with van der Waals surface area (Å²) >= 11 is 1.30. The maximum atomic E-state index is 13.0. The van der Waals surface area contributed by atoms with Gasteiger partial charge in [0.05, 0.1) is 17.1 Å². The van der Waals surface area contributed by atoms with Crippen LogP contribution in [0.2, 0.25) is 0 Å². The lowest BCUT2D eigenvalue weighted by Gasteiger charge is -2.09. The average molecular weight is 440 g/mol. The Bertz CT molecular complexity index is 1010. The molecule has 1 aliphatic rings. The van der Waals surface area contributed by atoms with Crippen LogP contribution in [0.15, 0.2) is 29.2 Å². The van der Waals surface area contributed by atoms with Gasteiger partial charge in [0.15, 0.2) is 9.84 Å². The lowest BCUT2D eigenvalue weighted by molar-refractivity contribution is -0.113. The number of halogens is 1. The van der Waals surface area contributed by atoms with Crippen LogP contribution in [0, 0.1) is 5.82 Å². The first-order chi connectivity index (χ1) is 13.8. The number of sulfone groups is 1. The Morgan fingerprint density at radius 1 is 1.14 bits per heavy atom. The Kier molecular flexibility index (Phi) is 6.69. The van der Waals surface area contributed by atoms with Crippen molar-refractivity contribution in [3.8, 4) is 0 Å². The second-order valence-corrected chi connectivity index (χ2v) is 9.84. The van der Waals surface area contributed by atoms with Gasteiger partial charge in [-0.2, -0.15) is 0 Å². The average Bonchev–Trinajstić information content (AvgIpc) is 2.82. The van der Waals surface area contributed by atoms with Crippen molar-refractivity contribution in [3.05, 3.63) is 46.1 Å². The summed E-state index contributed by atoms with van der Waals surface area (Å²) in [6.45, 7) is 1.91. The SMILES string of the molecule is CCOC(=O)c1c(NC(=O)CS(=O)(=O)c2ccc(F)cc2)sc2c1CCCCC2. The molecule has 0 radical (unpaired) electrons. The van der Waals surface area contributed by atoms with Gasteiger partial charge in [-0.05, 0) is 62.4 Å². The van der Waals surface area contributed by atoms with Crippen molar-refractivity contribution in [1.29, 1.82) is 0 Å². The van der Waals surface area contributed by atoms with Crippen molar-refractivity contribution in [2.45, 2.75) is 43.9 Å². The normalized spacial score (nSPS) is 14.0. The highest BCUT2D eigenvalue weighted by molar-refractivity contribution is 7.92. The summed E-state index contributed by atoms with van der Waals surface area (Å²) in [6, 6.07) is 4.30. The fraction of sp³-hybridized carbons (Fsp3) is 0.400. The number of hydrogen-bond donors (Lipinski definition) is 1. The molecule has 0 saturated heterocycles. The fourth-order valence-electron chi connectivity index (χ4n) is 3.31. The van der Waals surface area contributed by atoms with Gasteiger partial charge in [-0.15, -0.1) is 11.3 Å². The Hall–Kier alpha value is -2.26. The zero-order valence-corrected chi connectivity index (χ0v) is 17.6. The van der Waals surface area contributed by atoms with Crippen LogP contribution < -0.4 is 5.32 Å². The van der Waals surface area contributed by atoms with E-state index in [1.54, 1.807) is 6.92 Å². The molecule has 1 amide bonds. The van der Waals surface area contributed by atoms with Gasteiger partial charge in [0.25, 0.3) is 0 Å². The van der Waals surface area contributed by atoms with Gasteiger partial charge in [-0.25, -0.2) is 17.6 Å². The molecule has 0 saturated carbocycles. The molecule has 3 rings (SSSR count). The summed E-state index contributed by atoms with van der Waals surface area (Å²) in [5.41, 5.74) is 1.23. The number of carbonyl (C=O) groups excluding carboxylic acids is 2. The quantitative estimate of drug-likeness (QED) is 0.421. The highest BCUT2D eigenvalue weighted by Crippen LogP contribution is 2.38. The van der Waals surface area contributed by atoms with E-state index in [1.807, 2.05) is 0 Å². The molecule has 2 aromatic rings. The van der Waals surface area contributed by atoms with Crippen molar-refractivity contribution < 1.29 is 27.1 Å². The smallest absolute Gasteiger partial charge is 0.341 e. The van der Waals surface area contributed by atoms with Gasteiger partial charge in [-0.3, -0.25) is 4.79 Å². The summed E-state index contributed by atoms with van der Waals surface area (Å²) in [4.78, 5) is 25.9. The fourth-order valence-corrected chi connectivity index (χ4v) is 5.74. The molecule has 0 unspecified atom stereocenters. The molecule has 1 aromatic heterocycles. The van der Waals surface area contributed by atoms with Crippen LogP contribution in [-0.2, 0) is 32.2 Å². The number of esters is 1. The highest BCUT2D eigenvalue weighted by atomic mass is 32.2. The Balaban J connectivity index is 1.84. The number of carbonyl (C=O) groups is 2. The second-order valence-electron chi connectivity index (χ2n) is 6.75. The molecule has 29 heavy (non-hydrogen) atoms. The summed E-state index contributed by atoms with van der Waals surface area (Å²) in [7, 11) is -3.94. The topological polar surface area (TPSA) is 89.5 Å². The van der Waals surface area contributed by atoms with Crippen LogP contribution in [0.3, 0.4) is 0 Å². The van der Waals surface area contributed by atoms with Gasteiger partial charge < -0.3 is 10.1 Å². The number of benzene rings is 1. The first kappa shape index (κ1) is 21.4. The molecule has 9 heteroatoms. The van der Waals surface area contributed by atoms with E-state index in [4.69, 9.17) is 4.74 Å². The largest absolute Gasteiger partial charge is 0.462 e. The molecule has 0 aliphatic heterocycles. The number of thiophene rings is 1. The molecule has 0 bridgehead atoms. The van der Waals surface area contributed by atoms with E-state index >= 15 is 0 Å². The molecule has 1 aromatic carbocycles. The van der Waals surface area contributed by atoms with Crippen molar-refractivity contribution in [3.63, 3.8) is 0 Å². The lowest BCUT2D eigenvalue weighted by Crippen LogP contribution is -2.23. The minimum Gasteiger partial charge on any atom is -0.462 e. The van der Waals surface area contributed by atoms with E-state index in [1.165, 1.54) is 11.3 Å². The monoisotopic (exact) mass is 439 g/mol. The van der Waals surface area contributed by atoms with Crippen LogP contribution in [0.5, 0.6) is 0 Å². The van der Waals surface area contributed by atoms with E-state index < -0.39 is 33.3 Å². The molecule has 0 spiro atoms. The zero-order valence-electron chi connectivity index (χ0n) is 16.0. The number of nitrogens with one attached hydrogen (secondary N) is 1. The molecule has 0 atom stereocenters. The first-order valence-corrected chi connectivity index (χ1v) is 11.9. The molecule has 1 N–H and O–H groups in total. The van der Waals surface area contributed by atoms with Gasteiger partial charge in [0.2, 0.25) is 5.91 Å². The molecule has 1 aliphatic carbocycles. The molecule has 156 valence electrons. The number of aryl methyl sites for hydroxylation is 1. The maximum Gasteiger partial charge on any atom is 0.341 e. The predicted octanol–water partition coefficient (Wildman–Crippen LogP) is 3.75. The number of rotatable bonds is 6. The Morgan fingerprint density at radius 3 is 2.52 bits per heavy atom. The standard InChI is InChI=1S/C20H22FNO5S2/c1-2-27-20(24)18-15-6-4-3-5-7-16(15)28-19(18)22-17(23)12-29(25,26)14-10-8-13(21)9-11-14/h8-11H,2-7,12H2,1H3,(H,22,23). The minimum atomic E-state index is -3.94. The number of ether oxygens (including phenoxy) is 1. The maximum absolute atomic E-state index is 13.0. The second kappa shape index (κ2) is 9.04. The number of fused-ring (bicyclic) bond motifs is 1. The van der Waals surface area contributed by atoms with Crippen molar-refractivity contribution in [2.75, 3.05) is 17.7 Å². The van der Waals surface area contributed by atoms with Crippen molar-refractivity contribution in [2.24, 2.45) is 0 Å². The van der Waals surface area contributed by atoms with Crippen LogP contribution in [0.1, 0.15) is 47.0 Å². The van der Waals surface area contributed by atoms with Crippen molar-refractivity contribution in [1.82, 2.24) is 0 Å². The molecular formula is C20H22FNO5S2. The Labute approximate surface area is 173 Å². The molecular weight excluding hydrogens is 417 g/mol. The van der Waals surface area contributed by atoms with E-state index in [0.717, 1.165) is 66.8 Å². The van der Waals surface area contributed by atoms with E-state index in [-0.39, 0.29) is 11.5 Å². The predicted molar refractivity (Wildman–Crippen MR) is 109 cm³/mol. The highest BCUT2D eigenvalue weighted by Gasteiger charge is 2.28. The molecule has 1 heterocycles. The third-order valence-electron chi connectivity index (χ3n) is 4.65. The van der Waals surface area contributed by atoms with Crippen LogP contribution in [0.4, 0.5) is 9.39 Å². The number of hydrogen-bond acceptors (Lipinski definition) is 6. The summed E-state index contributed by atoms with van der Waals surface area (Å²) in [6.07, 6.45) is 4.56. The van der Waals surface area contributed by atoms with E-state index in [9.17, 15) is 22.4 Å². The molecule has 0 fully saturated rings. The third kappa shape index (κ3) is 5.02. The molecule has 6 nitrogen and oxygen atoms in total. The van der Waals surface area contributed by atoms with Gasteiger partial charge in [0, 0.05) is 4.88 Å². The van der Waals surface area contributed by atoms with E-state index in [0.29, 0.717) is 10.6 Å². The summed E-state index contributed by atoms with van der Waals surface area (Å²) < 4.78 is 43.1.